The van der Waals surface area contributed by atoms with Gasteiger partial charge in [0.15, 0.2) is 0 Å². The first-order chi connectivity index (χ1) is 9.79. The average Bonchev–Trinajstić information content (AvgIpc) is 2.90. The van der Waals surface area contributed by atoms with Crippen LogP contribution in [0.4, 0.5) is 0 Å². The summed E-state index contributed by atoms with van der Waals surface area (Å²) in [5.74, 6) is 5.75. The summed E-state index contributed by atoms with van der Waals surface area (Å²) in [5, 5.41) is 1.10. The second-order valence-electron chi connectivity index (χ2n) is 4.70. The lowest BCUT2D eigenvalue weighted by Gasteiger charge is -2.15. The highest BCUT2D eigenvalue weighted by Crippen LogP contribution is 2.29. The standard InChI is InChI=1S/C16H15BrN2O/c17-14-7-3-1-5-11(14)9-15(19-18)13-10-20-16-8-4-2-6-12(13)16/h1-8,10,15,19H,9,18H2. The van der Waals surface area contributed by atoms with Gasteiger partial charge in [-0.25, -0.2) is 0 Å². The van der Waals surface area contributed by atoms with E-state index >= 15 is 0 Å². The first-order valence-electron chi connectivity index (χ1n) is 6.45. The summed E-state index contributed by atoms with van der Waals surface area (Å²) in [6.07, 6.45) is 2.58. The third kappa shape index (κ3) is 2.50. The lowest BCUT2D eigenvalue weighted by atomic mass is 9.99. The van der Waals surface area contributed by atoms with Crippen LogP contribution < -0.4 is 11.3 Å². The van der Waals surface area contributed by atoms with Crippen LogP contribution in [0.1, 0.15) is 17.2 Å². The molecule has 0 aliphatic rings. The fourth-order valence-electron chi connectivity index (χ4n) is 2.41. The maximum absolute atomic E-state index is 5.75. The summed E-state index contributed by atoms with van der Waals surface area (Å²) in [6.45, 7) is 0. The Morgan fingerprint density at radius 2 is 1.85 bits per heavy atom. The van der Waals surface area contributed by atoms with Crippen molar-refractivity contribution in [3.05, 3.63) is 70.4 Å². The summed E-state index contributed by atoms with van der Waals surface area (Å²) in [5.41, 5.74) is 6.07. The molecule has 1 unspecified atom stereocenters. The van der Waals surface area contributed by atoms with Gasteiger partial charge in [0.2, 0.25) is 0 Å². The van der Waals surface area contributed by atoms with Crippen LogP contribution >= 0.6 is 15.9 Å². The monoisotopic (exact) mass is 330 g/mol. The molecule has 102 valence electrons. The van der Waals surface area contributed by atoms with Crippen LogP contribution in [0.15, 0.2) is 63.7 Å². The number of para-hydroxylation sites is 1. The summed E-state index contributed by atoms with van der Waals surface area (Å²) in [7, 11) is 0. The van der Waals surface area contributed by atoms with Gasteiger partial charge < -0.3 is 4.42 Å². The largest absolute Gasteiger partial charge is 0.464 e. The van der Waals surface area contributed by atoms with Gasteiger partial charge in [-0.15, -0.1) is 0 Å². The molecule has 3 N–H and O–H groups in total. The number of rotatable bonds is 4. The molecule has 1 heterocycles. The predicted octanol–water partition coefficient (Wildman–Crippen LogP) is 3.94. The number of furan rings is 1. The third-order valence-electron chi connectivity index (χ3n) is 3.47. The Balaban J connectivity index is 1.96. The molecule has 0 fully saturated rings. The summed E-state index contributed by atoms with van der Waals surface area (Å²) in [4.78, 5) is 0. The molecule has 0 amide bonds. The summed E-state index contributed by atoms with van der Waals surface area (Å²) < 4.78 is 6.68. The molecule has 3 aromatic rings. The zero-order valence-electron chi connectivity index (χ0n) is 10.8. The molecule has 0 bridgehead atoms. The van der Waals surface area contributed by atoms with Crippen molar-refractivity contribution in [1.29, 1.82) is 0 Å². The van der Waals surface area contributed by atoms with Gasteiger partial charge in [0.1, 0.15) is 5.58 Å². The van der Waals surface area contributed by atoms with Crippen LogP contribution in [-0.2, 0) is 6.42 Å². The SMILES string of the molecule is NNC(Cc1ccccc1Br)c1coc2ccccc12. The normalized spacial score (nSPS) is 12.7. The van der Waals surface area contributed by atoms with Gasteiger partial charge in [0.05, 0.1) is 12.3 Å². The van der Waals surface area contributed by atoms with Crippen molar-refractivity contribution < 1.29 is 4.42 Å². The molecule has 3 nitrogen and oxygen atoms in total. The fourth-order valence-corrected chi connectivity index (χ4v) is 2.86. The minimum atomic E-state index is 0.0114. The van der Waals surface area contributed by atoms with Crippen LogP contribution in [0.25, 0.3) is 11.0 Å². The van der Waals surface area contributed by atoms with Crippen molar-refractivity contribution in [2.75, 3.05) is 0 Å². The lowest BCUT2D eigenvalue weighted by Crippen LogP contribution is -2.29. The van der Waals surface area contributed by atoms with Crippen molar-refractivity contribution in [3.63, 3.8) is 0 Å². The van der Waals surface area contributed by atoms with Gasteiger partial charge in [-0.1, -0.05) is 52.3 Å². The first-order valence-corrected chi connectivity index (χ1v) is 7.24. The number of nitrogens with two attached hydrogens (primary N) is 1. The van der Waals surface area contributed by atoms with Gasteiger partial charge in [-0.3, -0.25) is 11.3 Å². The highest BCUT2D eigenvalue weighted by molar-refractivity contribution is 9.10. The van der Waals surface area contributed by atoms with Crippen LogP contribution in [0.5, 0.6) is 0 Å². The van der Waals surface area contributed by atoms with E-state index in [0.29, 0.717) is 0 Å². The number of hydrogen-bond acceptors (Lipinski definition) is 3. The lowest BCUT2D eigenvalue weighted by molar-refractivity contribution is 0.536. The van der Waals surface area contributed by atoms with Crippen molar-refractivity contribution in [1.82, 2.24) is 5.43 Å². The van der Waals surface area contributed by atoms with Gasteiger partial charge in [-0.05, 0) is 24.1 Å². The minimum absolute atomic E-state index is 0.0114. The molecule has 0 saturated heterocycles. The second kappa shape index (κ2) is 5.79. The predicted molar refractivity (Wildman–Crippen MR) is 84.1 cm³/mol. The van der Waals surface area contributed by atoms with E-state index in [9.17, 15) is 0 Å². The molecule has 4 heteroatoms. The Kier molecular flexibility index (Phi) is 3.87. The number of fused-ring (bicyclic) bond motifs is 1. The number of nitrogens with one attached hydrogen (secondary N) is 1. The number of hydrogen-bond donors (Lipinski definition) is 2. The molecular formula is C16H15BrN2O. The van der Waals surface area contributed by atoms with Gasteiger partial charge in [-0.2, -0.15) is 0 Å². The van der Waals surface area contributed by atoms with Crippen molar-refractivity contribution in [2.24, 2.45) is 5.84 Å². The Hall–Kier alpha value is -1.62. The Morgan fingerprint density at radius 1 is 1.10 bits per heavy atom. The molecule has 1 atom stereocenters. The first kappa shape index (κ1) is 13.4. The highest BCUT2D eigenvalue weighted by atomic mass is 79.9. The molecule has 1 aromatic heterocycles. The maximum Gasteiger partial charge on any atom is 0.134 e. The van der Waals surface area contributed by atoms with Crippen molar-refractivity contribution in [2.45, 2.75) is 12.5 Å². The highest BCUT2D eigenvalue weighted by Gasteiger charge is 2.17. The molecule has 0 aliphatic heterocycles. The molecule has 20 heavy (non-hydrogen) atoms. The smallest absolute Gasteiger partial charge is 0.134 e. The van der Waals surface area contributed by atoms with Gasteiger partial charge in [0, 0.05) is 15.4 Å². The molecule has 2 aromatic carbocycles. The van der Waals surface area contributed by atoms with E-state index in [-0.39, 0.29) is 6.04 Å². The van der Waals surface area contributed by atoms with Crippen LogP contribution in [0, 0.1) is 0 Å². The number of halogens is 1. The van der Waals surface area contributed by atoms with E-state index in [1.165, 1.54) is 5.56 Å². The molecule has 3 rings (SSSR count). The zero-order valence-corrected chi connectivity index (χ0v) is 12.4. The van der Waals surface area contributed by atoms with E-state index in [1.807, 2.05) is 36.4 Å². The zero-order chi connectivity index (χ0) is 13.9. The van der Waals surface area contributed by atoms with Gasteiger partial charge >= 0.3 is 0 Å². The number of hydrazine groups is 1. The Morgan fingerprint density at radius 3 is 2.65 bits per heavy atom. The topological polar surface area (TPSA) is 51.2 Å². The maximum atomic E-state index is 5.75. The van der Waals surface area contributed by atoms with E-state index in [2.05, 4.69) is 33.5 Å². The minimum Gasteiger partial charge on any atom is -0.464 e. The summed E-state index contributed by atoms with van der Waals surface area (Å²) >= 11 is 3.57. The fraction of sp³-hybridized carbons (Fsp3) is 0.125. The van der Waals surface area contributed by atoms with Crippen molar-refractivity contribution >= 4 is 26.9 Å². The Labute approximate surface area is 125 Å². The molecule has 0 saturated carbocycles. The average molecular weight is 331 g/mol. The second-order valence-corrected chi connectivity index (χ2v) is 5.56. The molecular weight excluding hydrogens is 316 g/mol. The van der Waals surface area contributed by atoms with Gasteiger partial charge in [0.25, 0.3) is 0 Å². The van der Waals surface area contributed by atoms with E-state index in [0.717, 1.165) is 27.4 Å². The van der Waals surface area contributed by atoms with E-state index < -0.39 is 0 Å². The number of benzene rings is 2. The van der Waals surface area contributed by atoms with Crippen LogP contribution in [0.2, 0.25) is 0 Å². The van der Waals surface area contributed by atoms with E-state index in [1.54, 1.807) is 6.26 Å². The Bertz CT molecular complexity index is 723. The molecule has 0 aliphatic carbocycles. The summed E-state index contributed by atoms with van der Waals surface area (Å²) in [6, 6.07) is 16.2. The third-order valence-corrected chi connectivity index (χ3v) is 4.24. The van der Waals surface area contributed by atoms with Crippen molar-refractivity contribution in [3.8, 4) is 0 Å². The molecule has 0 radical (unpaired) electrons. The van der Waals surface area contributed by atoms with Crippen LogP contribution in [0.3, 0.4) is 0 Å². The molecule has 0 spiro atoms. The van der Waals surface area contributed by atoms with E-state index in [4.69, 9.17) is 10.3 Å². The van der Waals surface area contributed by atoms with Crippen LogP contribution in [-0.4, -0.2) is 0 Å². The quantitative estimate of drug-likeness (QED) is 0.562.